The monoisotopic (exact) mass is 356 g/mol. The molecule has 4 aromatic rings. The maximum Gasteiger partial charge on any atom is 0.175 e. The Morgan fingerprint density at radius 1 is 1.00 bits per heavy atom. The lowest BCUT2D eigenvalue weighted by atomic mass is 10.2. The molecule has 0 bridgehead atoms. The van der Waals surface area contributed by atoms with Gasteiger partial charge >= 0.3 is 0 Å². The average molecular weight is 356 g/mol. The number of pyridine rings is 1. The molecule has 25 heavy (non-hydrogen) atoms. The van der Waals surface area contributed by atoms with E-state index in [1.165, 1.54) is 24.3 Å². The second-order valence-electron chi connectivity index (χ2n) is 5.73. The van der Waals surface area contributed by atoms with E-state index in [0.717, 1.165) is 17.0 Å². The molecule has 0 spiro atoms. The van der Waals surface area contributed by atoms with Crippen LogP contribution in [0.1, 0.15) is 0 Å². The molecule has 2 heterocycles. The first-order valence-electron chi connectivity index (χ1n) is 7.45. The number of anilines is 2. The Kier molecular flexibility index (Phi) is 3.47. The lowest BCUT2D eigenvalue weighted by molar-refractivity contribution is 0.602. The number of halogens is 1. The molecular formula is C18H13FN2O3S. The molecule has 0 saturated carbocycles. The van der Waals surface area contributed by atoms with Crippen LogP contribution in [0.15, 0.2) is 64.0 Å². The Morgan fingerprint density at radius 2 is 1.76 bits per heavy atom. The summed E-state index contributed by atoms with van der Waals surface area (Å²) in [7, 11) is -3.23. The first-order chi connectivity index (χ1) is 11.9. The number of sulfone groups is 1. The zero-order valence-corrected chi connectivity index (χ0v) is 14.0. The van der Waals surface area contributed by atoms with Crippen molar-refractivity contribution in [1.82, 2.24) is 4.98 Å². The highest BCUT2D eigenvalue weighted by Gasteiger charge is 2.10. The third-order valence-electron chi connectivity index (χ3n) is 3.88. The summed E-state index contributed by atoms with van der Waals surface area (Å²) in [5.74, 6) is 0.218. The molecule has 0 radical (unpaired) electrons. The molecule has 2 aromatic carbocycles. The van der Waals surface area contributed by atoms with Gasteiger partial charge in [-0.1, -0.05) is 0 Å². The lowest BCUT2D eigenvalue weighted by Gasteiger charge is -2.06. The van der Waals surface area contributed by atoms with Crippen LogP contribution in [0.4, 0.5) is 15.9 Å². The predicted molar refractivity (Wildman–Crippen MR) is 94.3 cm³/mol. The van der Waals surface area contributed by atoms with Gasteiger partial charge in [0.2, 0.25) is 0 Å². The SMILES string of the molecule is CS(=O)(=O)c1ccc(Nc2cc3c(cn2)oc2cc(F)ccc23)cc1. The maximum atomic E-state index is 13.3. The molecule has 0 saturated heterocycles. The Bertz CT molecular complexity index is 1200. The summed E-state index contributed by atoms with van der Waals surface area (Å²) in [6.07, 6.45) is 2.73. The minimum Gasteiger partial charge on any atom is -0.454 e. The van der Waals surface area contributed by atoms with E-state index < -0.39 is 9.84 Å². The molecule has 5 nitrogen and oxygen atoms in total. The van der Waals surface area contributed by atoms with Crippen molar-refractivity contribution in [3.05, 3.63) is 60.5 Å². The van der Waals surface area contributed by atoms with Gasteiger partial charge in [-0.25, -0.2) is 17.8 Å². The third kappa shape index (κ3) is 2.94. The van der Waals surface area contributed by atoms with Gasteiger partial charge in [-0.15, -0.1) is 0 Å². The number of hydrogen-bond donors (Lipinski definition) is 1. The molecule has 0 aliphatic heterocycles. The molecule has 7 heteroatoms. The Labute approximate surface area is 143 Å². The summed E-state index contributed by atoms with van der Waals surface area (Å²) in [4.78, 5) is 4.53. The van der Waals surface area contributed by atoms with E-state index in [1.807, 2.05) is 6.07 Å². The topological polar surface area (TPSA) is 72.2 Å². The van der Waals surface area contributed by atoms with E-state index in [1.54, 1.807) is 24.4 Å². The van der Waals surface area contributed by atoms with Crippen molar-refractivity contribution in [2.24, 2.45) is 0 Å². The van der Waals surface area contributed by atoms with Crippen LogP contribution in [-0.2, 0) is 9.84 Å². The molecule has 1 N–H and O–H groups in total. The van der Waals surface area contributed by atoms with Gasteiger partial charge in [-0.3, -0.25) is 0 Å². The van der Waals surface area contributed by atoms with Crippen LogP contribution >= 0.6 is 0 Å². The third-order valence-corrected chi connectivity index (χ3v) is 5.00. The largest absolute Gasteiger partial charge is 0.454 e. The molecular weight excluding hydrogens is 343 g/mol. The minimum atomic E-state index is -3.23. The fourth-order valence-electron chi connectivity index (χ4n) is 2.66. The summed E-state index contributed by atoms with van der Waals surface area (Å²) < 4.78 is 41.9. The zero-order chi connectivity index (χ0) is 17.6. The van der Waals surface area contributed by atoms with Gasteiger partial charge in [-0.05, 0) is 42.5 Å². The minimum absolute atomic E-state index is 0.254. The number of hydrogen-bond acceptors (Lipinski definition) is 5. The Balaban J connectivity index is 1.71. The van der Waals surface area contributed by atoms with Crippen LogP contribution in [0.2, 0.25) is 0 Å². The van der Waals surface area contributed by atoms with Gasteiger partial charge in [-0.2, -0.15) is 0 Å². The highest BCUT2D eigenvalue weighted by molar-refractivity contribution is 7.90. The first-order valence-corrected chi connectivity index (χ1v) is 9.34. The number of nitrogens with zero attached hydrogens (tertiary/aromatic N) is 1. The van der Waals surface area contributed by atoms with Gasteiger partial charge < -0.3 is 9.73 Å². The summed E-state index contributed by atoms with van der Waals surface area (Å²) >= 11 is 0. The molecule has 4 rings (SSSR count). The maximum absolute atomic E-state index is 13.3. The van der Waals surface area contributed by atoms with Crippen molar-refractivity contribution in [2.45, 2.75) is 4.90 Å². The summed E-state index contributed by atoms with van der Waals surface area (Å²) in [6, 6.07) is 12.6. The molecule has 0 unspecified atom stereocenters. The van der Waals surface area contributed by atoms with E-state index in [4.69, 9.17) is 4.42 Å². The summed E-state index contributed by atoms with van der Waals surface area (Å²) in [5, 5.41) is 4.74. The zero-order valence-electron chi connectivity index (χ0n) is 13.2. The van der Waals surface area contributed by atoms with Crippen molar-refractivity contribution >= 4 is 43.3 Å². The van der Waals surface area contributed by atoms with Gasteiger partial charge in [0.05, 0.1) is 11.1 Å². The van der Waals surface area contributed by atoms with Crippen molar-refractivity contribution < 1.29 is 17.2 Å². The van der Waals surface area contributed by atoms with Crippen molar-refractivity contribution in [3.8, 4) is 0 Å². The highest BCUT2D eigenvalue weighted by Crippen LogP contribution is 2.30. The number of aromatic nitrogens is 1. The molecule has 0 amide bonds. The summed E-state index contributed by atoms with van der Waals surface area (Å²) in [5.41, 5.74) is 1.74. The van der Waals surface area contributed by atoms with E-state index in [2.05, 4.69) is 10.3 Å². The molecule has 0 aliphatic rings. The standard InChI is InChI=1S/C18H13FN2O3S/c1-25(22,23)13-5-3-12(4-6-13)21-18-9-15-14-7-2-11(19)8-16(14)24-17(15)10-20-18/h2-10H,1H3,(H,20,21). The first kappa shape index (κ1) is 15.6. The van der Waals surface area contributed by atoms with Gasteiger partial charge in [0, 0.05) is 28.8 Å². The van der Waals surface area contributed by atoms with E-state index in [9.17, 15) is 12.8 Å². The van der Waals surface area contributed by atoms with E-state index in [0.29, 0.717) is 22.7 Å². The molecule has 0 atom stereocenters. The van der Waals surface area contributed by atoms with Crippen LogP contribution in [0.3, 0.4) is 0 Å². The van der Waals surface area contributed by atoms with Crippen molar-refractivity contribution in [2.75, 3.05) is 11.6 Å². The number of furan rings is 1. The lowest BCUT2D eigenvalue weighted by Crippen LogP contribution is -1.98. The smallest absolute Gasteiger partial charge is 0.175 e. The van der Waals surface area contributed by atoms with Crippen LogP contribution in [0.25, 0.3) is 21.9 Å². The number of rotatable bonds is 3. The second-order valence-corrected chi connectivity index (χ2v) is 7.75. The molecule has 2 aromatic heterocycles. The van der Waals surface area contributed by atoms with Crippen LogP contribution in [0, 0.1) is 5.82 Å². The fourth-order valence-corrected chi connectivity index (χ4v) is 3.29. The average Bonchev–Trinajstić information content (AvgIpc) is 2.91. The predicted octanol–water partition coefficient (Wildman–Crippen LogP) is 4.27. The normalized spacial score (nSPS) is 11.9. The van der Waals surface area contributed by atoms with Crippen molar-refractivity contribution in [3.63, 3.8) is 0 Å². The van der Waals surface area contributed by atoms with Gasteiger partial charge in [0.25, 0.3) is 0 Å². The summed E-state index contributed by atoms with van der Waals surface area (Å²) in [6.45, 7) is 0. The van der Waals surface area contributed by atoms with Gasteiger partial charge in [0.15, 0.2) is 15.4 Å². The van der Waals surface area contributed by atoms with Crippen LogP contribution < -0.4 is 5.32 Å². The Morgan fingerprint density at radius 3 is 2.48 bits per heavy atom. The van der Waals surface area contributed by atoms with Crippen LogP contribution in [0.5, 0.6) is 0 Å². The Hall–Kier alpha value is -2.93. The molecule has 0 fully saturated rings. The molecule has 0 aliphatic carbocycles. The number of nitrogens with one attached hydrogen (secondary N) is 1. The highest BCUT2D eigenvalue weighted by atomic mass is 32.2. The van der Waals surface area contributed by atoms with Crippen molar-refractivity contribution in [1.29, 1.82) is 0 Å². The van der Waals surface area contributed by atoms with E-state index >= 15 is 0 Å². The number of benzene rings is 2. The quantitative estimate of drug-likeness (QED) is 0.593. The number of fused-ring (bicyclic) bond motifs is 3. The van der Waals surface area contributed by atoms with Gasteiger partial charge in [0.1, 0.15) is 17.2 Å². The second kappa shape index (κ2) is 5.56. The molecule has 126 valence electrons. The van der Waals surface area contributed by atoms with Crippen LogP contribution in [-0.4, -0.2) is 19.7 Å². The fraction of sp³-hybridized carbons (Fsp3) is 0.0556. The van der Waals surface area contributed by atoms with E-state index in [-0.39, 0.29) is 10.7 Å².